The van der Waals surface area contributed by atoms with Crippen LogP contribution in [-0.2, 0) is 4.79 Å². The molecule has 0 aromatic heterocycles. The number of carbonyl (C=O) groups excluding carboxylic acids is 1. The fourth-order valence-electron chi connectivity index (χ4n) is 2.66. The van der Waals surface area contributed by atoms with E-state index in [2.05, 4.69) is 5.32 Å². The van der Waals surface area contributed by atoms with Gasteiger partial charge in [0.15, 0.2) is 11.5 Å². The van der Waals surface area contributed by atoms with Crippen molar-refractivity contribution in [1.82, 2.24) is 0 Å². The lowest BCUT2D eigenvalue weighted by Crippen LogP contribution is -2.14. The second kappa shape index (κ2) is 4.88. The predicted molar refractivity (Wildman–Crippen MR) is 67.8 cm³/mol. The average Bonchev–Trinajstić information content (AvgIpc) is 2.98. The van der Waals surface area contributed by atoms with Crippen molar-refractivity contribution in [3.05, 3.63) is 18.2 Å². The summed E-state index contributed by atoms with van der Waals surface area (Å²) < 4.78 is 10.5. The summed E-state index contributed by atoms with van der Waals surface area (Å²) in [5, 5.41) is 2.92. The molecule has 1 saturated carbocycles. The number of fused-ring (bicyclic) bond motifs is 1. The van der Waals surface area contributed by atoms with Crippen molar-refractivity contribution in [2.45, 2.75) is 32.1 Å². The van der Waals surface area contributed by atoms with E-state index in [0.29, 0.717) is 18.1 Å². The van der Waals surface area contributed by atoms with E-state index in [9.17, 15) is 4.79 Å². The third kappa shape index (κ3) is 2.42. The Kier molecular flexibility index (Phi) is 3.09. The Morgan fingerprint density at radius 1 is 1.22 bits per heavy atom. The zero-order valence-corrected chi connectivity index (χ0v) is 10.3. The third-order valence-corrected chi connectivity index (χ3v) is 3.61. The first-order chi connectivity index (χ1) is 8.81. The Bertz CT molecular complexity index is 452. The van der Waals surface area contributed by atoms with Gasteiger partial charge in [0.2, 0.25) is 12.7 Å². The fraction of sp³-hybridized carbons (Fsp3) is 0.500. The minimum Gasteiger partial charge on any atom is -0.454 e. The highest BCUT2D eigenvalue weighted by Gasteiger charge is 2.19. The van der Waals surface area contributed by atoms with Crippen molar-refractivity contribution >= 4 is 11.6 Å². The summed E-state index contributed by atoms with van der Waals surface area (Å²) in [7, 11) is 0. The third-order valence-electron chi connectivity index (χ3n) is 3.61. The van der Waals surface area contributed by atoms with Gasteiger partial charge >= 0.3 is 0 Å². The molecule has 0 unspecified atom stereocenters. The quantitative estimate of drug-likeness (QED) is 0.893. The molecule has 1 heterocycles. The van der Waals surface area contributed by atoms with Crippen LogP contribution in [0.25, 0.3) is 0 Å². The van der Waals surface area contributed by atoms with E-state index < -0.39 is 0 Å². The number of rotatable bonds is 3. The van der Waals surface area contributed by atoms with E-state index in [0.717, 1.165) is 11.4 Å². The van der Waals surface area contributed by atoms with E-state index >= 15 is 0 Å². The van der Waals surface area contributed by atoms with E-state index in [4.69, 9.17) is 9.47 Å². The van der Waals surface area contributed by atoms with E-state index in [1.807, 2.05) is 18.2 Å². The molecule has 0 radical (unpaired) electrons. The lowest BCUT2D eigenvalue weighted by molar-refractivity contribution is -0.117. The Labute approximate surface area is 106 Å². The summed E-state index contributed by atoms with van der Waals surface area (Å²) in [6.07, 6.45) is 5.54. The summed E-state index contributed by atoms with van der Waals surface area (Å²) in [6.45, 7) is 0.259. The first-order valence-electron chi connectivity index (χ1n) is 6.51. The summed E-state index contributed by atoms with van der Waals surface area (Å²) in [5.41, 5.74) is 0.780. The lowest BCUT2D eigenvalue weighted by atomic mass is 10.0. The topological polar surface area (TPSA) is 47.6 Å². The van der Waals surface area contributed by atoms with Crippen LogP contribution in [0.5, 0.6) is 11.5 Å². The van der Waals surface area contributed by atoms with Gasteiger partial charge in [0.25, 0.3) is 0 Å². The molecule has 0 saturated heterocycles. The molecule has 2 aliphatic rings. The van der Waals surface area contributed by atoms with Crippen LogP contribution in [0.4, 0.5) is 5.69 Å². The van der Waals surface area contributed by atoms with Crippen molar-refractivity contribution in [3.8, 4) is 11.5 Å². The van der Waals surface area contributed by atoms with Gasteiger partial charge in [-0.2, -0.15) is 0 Å². The van der Waals surface area contributed by atoms with Crippen molar-refractivity contribution in [2.24, 2.45) is 5.92 Å². The highest BCUT2D eigenvalue weighted by Crippen LogP contribution is 2.34. The fourth-order valence-corrected chi connectivity index (χ4v) is 2.66. The number of hydrogen-bond acceptors (Lipinski definition) is 3. The Morgan fingerprint density at radius 3 is 2.83 bits per heavy atom. The molecule has 1 aliphatic carbocycles. The maximum atomic E-state index is 11.9. The minimum absolute atomic E-state index is 0.0979. The summed E-state index contributed by atoms with van der Waals surface area (Å²) >= 11 is 0. The van der Waals surface area contributed by atoms with E-state index in [1.54, 1.807) is 0 Å². The molecule has 1 fully saturated rings. The SMILES string of the molecule is O=C(CC1CCCC1)Nc1ccc2c(c1)OCO2. The molecule has 3 rings (SSSR count). The first-order valence-corrected chi connectivity index (χ1v) is 6.51. The Balaban J connectivity index is 1.60. The normalized spacial score (nSPS) is 18.0. The maximum absolute atomic E-state index is 11.9. The smallest absolute Gasteiger partial charge is 0.231 e. The minimum atomic E-state index is 0.0979. The van der Waals surface area contributed by atoms with Crippen LogP contribution in [0, 0.1) is 5.92 Å². The van der Waals surface area contributed by atoms with Crippen LogP contribution in [0.15, 0.2) is 18.2 Å². The van der Waals surface area contributed by atoms with E-state index in [-0.39, 0.29) is 12.7 Å². The molecule has 0 bridgehead atoms. The first kappa shape index (κ1) is 11.4. The summed E-state index contributed by atoms with van der Waals surface area (Å²) in [5.74, 6) is 2.11. The van der Waals surface area contributed by atoms with Gasteiger partial charge < -0.3 is 14.8 Å². The van der Waals surface area contributed by atoms with Gasteiger partial charge in [-0.1, -0.05) is 12.8 Å². The molecule has 4 nitrogen and oxygen atoms in total. The molecule has 1 aliphatic heterocycles. The zero-order valence-electron chi connectivity index (χ0n) is 10.3. The predicted octanol–water partition coefficient (Wildman–Crippen LogP) is 2.93. The zero-order chi connectivity index (χ0) is 12.4. The summed E-state index contributed by atoms with van der Waals surface area (Å²) in [4.78, 5) is 11.9. The number of ether oxygens (including phenoxy) is 2. The van der Waals surface area contributed by atoms with Crippen molar-refractivity contribution in [2.75, 3.05) is 12.1 Å². The largest absolute Gasteiger partial charge is 0.454 e. The van der Waals surface area contributed by atoms with Crippen LogP contribution in [-0.4, -0.2) is 12.7 Å². The van der Waals surface area contributed by atoms with Crippen LogP contribution in [0.2, 0.25) is 0 Å². The van der Waals surface area contributed by atoms with Gasteiger partial charge in [0, 0.05) is 18.2 Å². The number of amides is 1. The Morgan fingerprint density at radius 2 is 2.00 bits per heavy atom. The van der Waals surface area contributed by atoms with Gasteiger partial charge in [-0.3, -0.25) is 4.79 Å². The van der Waals surface area contributed by atoms with Crippen molar-refractivity contribution in [1.29, 1.82) is 0 Å². The van der Waals surface area contributed by atoms with Gasteiger partial charge in [0.05, 0.1) is 0 Å². The van der Waals surface area contributed by atoms with Crippen molar-refractivity contribution < 1.29 is 14.3 Å². The van der Waals surface area contributed by atoms with E-state index in [1.165, 1.54) is 25.7 Å². The second-order valence-electron chi connectivity index (χ2n) is 4.97. The number of anilines is 1. The number of carbonyl (C=O) groups is 1. The lowest BCUT2D eigenvalue weighted by Gasteiger charge is -2.09. The molecule has 1 N–H and O–H groups in total. The average molecular weight is 247 g/mol. The number of nitrogens with one attached hydrogen (secondary N) is 1. The molecule has 96 valence electrons. The molecular formula is C14H17NO3. The molecule has 4 heteroatoms. The Hall–Kier alpha value is -1.71. The molecular weight excluding hydrogens is 230 g/mol. The molecule has 1 aromatic carbocycles. The summed E-state index contributed by atoms with van der Waals surface area (Å²) in [6, 6.07) is 5.49. The second-order valence-corrected chi connectivity index (χ2v) is 4.97. The van der Waals surface area contributed by atoms with Crippen LogP contribution < -0.4 is 14.8 Å². The standard InChI is InChI=1S/C14H17NO3/c16-14(7-10-3-1-2-4-10)15-11-5-6-12-13(8-11)18-9-17-12/h5-6,8,10H,1-4,7,9H2,(H,15,16). The van der Waals surface area contributed by atoms with Crippen LogP contribution in [0.3, 0.4) is 0 Å². The molecule has 0 spiro atoms. The highest BCUT2D eigenvalue weighted by molar-refractivity contribution is 5.91. The van der Waals surface area contributed by atoms with Gasteiger partial charge in [-0.15, -0.1) is 0 Å². The van der Waals surface area contributed by atoms with Gasteiger partial charge in [-0.25, -0.2) is 0 Å². The molecule has 0 atom stereocenters. The number of hydrogen-bond donors (Lipinski definition) is 1. The highest BCUT2D eigenvalue weighted by atomic mass is 16.7. The number of benzene rings is 1. The molecule has 18 heavy (non-hydrogen) atoms. The monoisotopic (exact) mass is 247 g/mol. The molecule has 1 aromatic rings. The van der Waals surface area contributed by atoms with Gasteiger partial charge in [-0.05, 0) is 30.9 Å². The molecule has 1 amide bonds. The maximum Gasteiger partial charge on any atom is 0.231 e. The van der Waals surface area contributed by atoms with Gasteiger partial charge in [0.1, 0.15) is 0 Å². The van der Waals surface area contributed by atoms with Crippen molar-refractivity contribution in [3.63, 3.8) is 0 Å². The van der Waals surface area contributed by atoms with Crippen LogP contribution in [0.1, 0.15) is 32.1 Å². The van der Waals surface area contributed by atoms with Crippen LogP contribution >= 0.6 is 0 Å².